The summed E-state index contributed by atoms with van der Waals surface area (Å²) in [4.78, 5) is 16.9. The normalized spacial score (nSPS) is 10.8. The Hall–Kier alpha value is -3.71. The topological polar surface area (TPSA) is 82.8 Å². The van der Waals surface area contributed by atoms with Crippen molar-refractivity contribution in [1.82, 2.24) is 4.98 Å². The molecule has 1 heterocycles. The first-order valence-electron chi connectivity index (χ1n) is 10.2. The molecule has 0 saturated heterocycles. The van der Waals surface area contributed by atoms with Crippen LogP contribution in [0.3, 0.4) is 0 Å². The van der Waals surface area contributed by atoms with E-state index in [-0.39, 0.29) is 12.5 Å². The highest BCUT2D eigenvalue weighted by molar-refractivity contribution is 6.32. The molecule has 0 saturated carbocycles. The smallest absolute Gasteiger partial charge is 0.262 e. The maximum absolute atomic E-state index is 12.4. The van der Waals surface area contributed by atoms with Gasteiger partial charge in [0.05, 0.1) is 14.2 Å². The summed E-state index contributed by atoms with van der Waals surface area (Å²) in [5.74, 6) is 1.94. The van der Waals surface area contributed by atoms with Gasteiger partial charge in [0.25, 0.3) is 5.91 Å². The molecule has 0 atom stereocenters. The molecule has 0 aliphatic carbocycles. The SMILES string of the molecule is COc1ccc(-c2nc3cc(NC(=O)COc4cc(C)c(Cl)c(C)c4)ccc3o2)cc1OC. The van der Waals surface area contributed by atoms with Gasteiger partial charge >= 0.3 is 0 Å². The van der Waals surface area contributed by atoms with Crippen LogP contribution in [-0.2, 0) is 4.79 Å². The van der Waals surface area contributed by atoms with Crippen LogP contribution < -0.4 is 19.5 Å². The minimum absolute atomic E-state index is 0.131. The molecule has 1 N–H and O–H groups in total. The third-order valence-corrected chi connectivity index (χ3v) is 5.68. The maximum atomic E-state index is 12.4. The minimum Gasteiger partial charge on any atom is -0.493 e. The van der Waals surface area contributed by atoms with Gasteiger partial charge in [-0.05, 0) is 73.5 Å². The lowest BCUT2D eigenvalue weighted by Gasteiger charge is -2.10. The van der Waals surface area contributed by atoms with Gasteiger partial charge in [0.2, 0.25) is 5.89 Å². The number of hydrogen-bond donors (Lipinski definition) is 1. The summed E-state index contributed by atoms with van der Waals surface area (Å²) in [6.45, 7) is 3.66. The predicted octanol–water partition coefficient (Wildman–Crippen LogP) is 5.80. The van der Waals surface area contributed by atoms with Crippen molar-refractivity contribution in [3.05, 3.63) is 64.7 Å². The number of amides is 1. The van der Waals surface area contributed by atoms with Crippen LogP contribution in [0.25, 0.3) is 22.6 Å². The van der Waals surface area contributed by atoms with Gasteiger partial charge in [0.1, 0.15) is 11.3 Å². The van der Waals surface area contributed by atoms with Crippen molar-refractivity contribution < 1.29 is 23.4 Å². The zero-order valence-electron chi connectivity index (χ0n) is 18.7. The van der Waals surface area contributed by atoms with Gasteiger partial charge in [-0.3, -0.25) is 4.79 Å². The van der Waals surface area contributed by atoms with E-state index in [1.807, 2.05) is 19.9 Å². The number of rotatable bonds is 7. The van der Waals surface area contributed by atoms with Crippen LogP contribution >= 0.6 is 11.6 Å². The number of ether oxygens (including phenoxy) is 3. The summed E-state index contributed by atoms with van der Waals surface area (Å²) in [5, 5.41) is 3.51. The monoisotopic (exact) mass is 466 g/mol. The summed E-state index contributed by atoms with van der Waals surface area (Å²) in [5.41, 5.74) is 4.34. The number of carbonyl (C=O) groups excluding carboxylic acids is 1. The first-order valence-corrected chi connectivity index (χ1v) is 10.6. The fraction of sp³-hybridized carbons (Fsp3) is 0.200. The lowest BCUT2D eigenvalue weighted by Crippen LogP contribution is -2.20. The third-order valence-electron chi connectivity index (χ3n) is 5.08. The van der Waals surface area contributed by atoms with E-state index in [0.717, 1.165) is 16.7 Å². The Morgan fingerprint density at radius 3 is 2.42 bits per heavy atom. The van der Waals surface area contributed by atoms with Gasteiger partial charge in [-0.1, -0.05) is 11.6 Å². The van der Waals surface area contributed by atoms with E-state index in [0.29, 0.717) is 44.9 Å². The number of aryl methyl sites for hydroxylation is 2. The van der Waals surface area contributed by atoms with E-state index in [2.05, 4.69) is 10.3 Å². The van der Waals surface area contributed by atoms with Crippen LogP contribution in [0, 0.1) is 13.8 Å². The van der Waals surface area contributed by atoms with Crippen LogP contribution in [0.5, 0.6) is 17.2 Å². The van der Waals surface area contributed by atoms with Gasteiger partial charge in [0, 0.05) is 16.3 Å². The molecule has 170 valence electrons. The summed E-state index contributed by atoms with van der Waals surface area (Å²) < 4.78 is 22.1. The molecule has 0 spiro atoms. The van der Waals surface area contributed by atoms with E-state index >= 15 is 0 Å². The number of nitrogens with zero attached hydrogens (tertiary/aromatic N) is 1. The van der Waals surface area contributed by atoms with Crippen LogP contribution in [0.15, 0.2) is 52.9 Å². The fourth-order valence-electron chi connectivity index (χ4n) is 3.43. The molecule has 7 nitrogen and oxygen atoms in total. The Morgan fingerprint density at radius 1 is 1.00 bits per heavy atom. The van der Waals surface area contributed by atoms with Gasteiger partial charge in [-0.25, -0.2) is 4.98 Å². The number of oxazole rings is 1. The molecule has 8 heteroatoms. The number of halogens is 1. The number of hydrogen-bond acceptors (Lipinski definition) is 6. The van der Waals surface area contributed by atoms with E-state index in [1.54, 1.807) is 56.7 Å². The third kappa shape index (κ3) is 4.88. The number of carbonyl (C=O) groups is 1. The minimum atomic E-state index is -0.289. The van der Waals surface area contributed by atoms with Crippen molar-refractivity contribution in [1.29, 1.82) is 0 Å². The molecule has 33 heavy (non-hydrogen) atoms. The van der Waals surface area contributed by atoms with Gasteiger partial charge < -0.3 is 23.9 Å². The predicted molar refractivity (Wildman–Crippen MR) is 128 cm³/mol. The molecule has 0 aliphatic heterocycles. The van der Waals surface area contributed by atoms with Crippen LogP contribution in [0.4, 0.5) is 5.69 Å². The average molecular weight is 467 g/mol. The second-order valence-corrected chi connectivity index (χ2v) is 7.86. The zero-order valence-corrected chi connectivity index (χ0v) is 19.4. The van der Waals surface area contributed by atoms with Gasteiger partial charge in [-0.15, -0.1) is 0 Å². The Labute approximate surface area is 196 Å². The van der Waals surface area contributed by atoms with E-state index in [1.165, 1.54) is 0 Å². The number of nitrogens with one attached hydrogen (secondary N) is 1. The van der Waals surface area contributed by atoms with Gasteiger partial charge in [-0.2, -0.15) is 0 Å². The number of anilines is 1. The zero-order chi connectivity index (χ0) is 23.5. The highest BCUT2D eigenvalue weighted by Crippen LogP contribution is 2.33. The highest BCUT2D eigenvalue weighted by atomic mass is 35.5. The van der Waals surface area contributed by atoms with Crippen LogP contribution in [0.2, 0.25) is 5.02 Å². The highest BCUT2D eigenvalue weighted by Gasteiger charge is 2.13. The fourth-order valence-corrected chi connectivity index (χ4v) is 3.54. The molecule has 0 fully saturated rings. The molecule has 3 aromatic carbocycles. The van der Waals surface area contributed by atoms with Crippen molar-refractivity contribution in [2.24, 2.45) is 0 Å². The van der Waals surface area contributed by atoms with Crippen LogP contribution in [-0.4, -0.2) is 31.7 Å². The van der Waals surface area contributed by atoms with E-state index < -0.39 is 0 Å². The quantitative estimate of drug-likeness (QED) is 0.370. The Morgan fingerprint density at radius 2 is 1.73 bits per heavy atom. The summed E-state index contributed by atoms with van der Waals surface area (Å²) >= 11 is 6.18. The van der Waals surface area contributed by atoms with Crippen LogP contribution in [0.1, 0.15) is 11.1 Å². The molecule has 0 aliphatic rings. The number of fused-ring (bicyclic) bond motifs is 1. The van der Waals surface area contributed by atoms with Gasteiger partial charge in [0.15, 0.2) is 23.7 Å². The molecule has 1 aromatic heterocycles. The van der Waals surface area contributed by atoms with Crippen molar-refractivity contribution >= 4 is 34.3 Å². The molecular weight excluding hydrogens is 444 g/mol. The molecule has 4 aromatic rings. The second-order valence-electron chi connectivity index (χ2n) is 7.48. The molecule has 4 rings (SSSR count). The lowest BCUT2D eigenvalue weighted by molar-refractivity contribution is -0.118. The largest absolute Gasteiger partial charge is 0.493 e. The molecule has 0 unspecified atom stereocenters. The number of methoxy groups -OCH3 is 2. The maximum Gasteiger partial charge on any atom is 0.262 e. The molecule has 0 bridgehead atoms. The van der Waals surface area contributed by atoms with E-state index in [9.17, 15) is 4.79 Å². The number of aromatic nitrogens is 1. The molecule has 1 amide bonds. The van der Waals surface area contributed by atoms with Crippen molar-refractivity contribution in [2.45, 2.75) is 13.8 Å². The van der Waals surface area contributed by atoms with Crippen molar-refractivity contribution in [3.63, 3.8) is 0 Å². The summed E-state index contributed by atoms with van der Waals surface area (Å²) in [6, 6.07) is 14.3. The summed E-state index contributed by atoms with van der Waals surface area (Å²) in [6.07, 6.45) is 0. The van der Waals surface area contributed by atoms with Crippen molar-refractivity contribution in [3.8, 4) is 28.7 Å². The van der Waals surface area contributed by atoms with Crippen molar-refractivity contribution in [2.75, 3.05) is 26.1 Å². The lowest BCUT2D eigenvalue weighted by atomic mass is 10.1. The van der Waals surface area contributed by atoms with E-state index in [4.69, 9.17) is 30.2 Å². The first-order chi connectivity index (χ1) is 15.9. The Kier molecular flexibility index (Phi) is 6.42. The Balaban J connectivity index is 1.47. The average Bonchev–Trinajstić information content (AvgIpc) is 3.24. The summed E-state index contributed by atoms with van der Waals surface area (Å²) in [7, 11) is 3.15. The Bertz CT molecular complexity index is 1310. The second kappa shape index (κ2) is 9.42. The molecular formula is C25H23ClN2O5. The standard InChI is InChI=1S/C25H23ClN2O5/c1-14-9-18(10-15(2)24(14)26)32-13-23(29)27-17-6-8-20-19(12-17)28-25(33-20)16-5-7-21(30-3)22(11-16)31-4/h5-12H,13H2,1-4H3,(H,27,29). The number of benzene rings is 3. The first kappa shape index (κ1) is 22.5. The molecule has 0 radical (unpaired) electrons.